The van der Waals surface area contributed by atoms with E-state index >= 15 is 0 Å². The standard InChI is InChI=1S/C15H18N2O/c1-3-8-17(10-12-5-6-12)15(18)13-9-11(2)4-7-14(13)16/h1,4,7,9,12H,5-6,8,10,16H2,2H3. The summed E-state index contributed by atoms with van der Waals surface area (Å²) in [5.41, 5.74) is 7.98. The van der Waals surface area contributed by atoms with E-state index in [4.69, 9.17) is 12.2 Å². The first-order valence-corrected chi connectivity index (χ1v) is 6.20. The van der Waals surface area contributed by atoms with E-state index in [1.807, 2.05) is 19.1 Å². The van der Waals surface area contributed by atoms with E-state index < -0.39 is 0 Å². The van der Waals surface area contributed by atoms with Crippen LogP contribution < -0.4 is 5.73 Å². The summed E-state index contributed by atoms with van der Waals surface area (Å²) in [4.78, 5) is 14.1. The average molecular weight is 242 g/mol. The first-order chi connectivity index (χ1) is 8.61. The predicted molar refractivity (Wildman–Crippen MR) is 73.1 cm³/mol. The smallest absolute Gasteiger partial charge is 0.256 e. The maximum absolute atomic E-state index is 12.4. The highest BCUT2D eigenvalue weighted by Gasteiger charge is 2.27. The van der Waals surface area contributed by atoms with Gasteiger partial charge in [0.05, 0.1) is 12.1 Å². The van der Waals surface area contributed by atoms with Gasteiger partial charge in [0.25, 0.3) is 5.91 Å². The zero-order chi connectivity index (χ0) is 13.1. The van der Waals surface area contributed by atoms with E-state index in [-0.39, 0.29) is 5.91 Å². The molecule has 1 saturated carbocycles. The predicted octanol–water partition coefficient (Wildman–Crippen LogP) is 2.06. The third-order valence-corrected chi connectivity index (χ3v) is 3.18. The van der Waals surface area contributed by atoms with Crippen LogP contribution in [-0.2, 0) is 0 Å². The summed E-state index contributed by atoms with van der Waals surface area (Å²) >= 11 is 0. The quantitative estimate of drug-likeness (QED) is 0.649. The van der Waals surface area contributed by atoms with E-state index in [1.54, 1.807) is 11.0 Å². The summed E-state index contributed by atoms with van der Waals surface area (Å²) in [5.74, 6) is 3.11. The first kappa shape index (κ1) is 12.5. The lowest BCUT2D eigenvalue weighted by Gasteiger charge is -2.21. The van der Waals surface area contributed by atoms with Crippen LogP contribution in [-0.4, -0.2) is 23.9 Å². The summed E-state index contributed by atoms with van der Waals surface area (Å²) in [6, 6.07) is 5.50. The lowest BCUT2D eigenvalue weighted by Crippen LogP contribution is -2.33. The highest BCUT2D eigenvalue weighted by molar-refractivity contribution is 5.99. The number of hydrogen-bond donors (Lipinski definition) is 1. The molecule has 1 aromatic carbocycles. The Bertz CT molecular complexity index is 498. The molecule has 0 bridgehead atoms. The van der Waals surface area contributed by atoms with Crippen LogP contribution in [0.4, 0.5) is 5.69 Å². The molecule has 0 heterocycles. The molecular formula is C15H18N2O. The minimum atomic E-state index is -0.0546. The summed E-state index contributed by atoms with van der Waals surface area (Å²) in [7, 11) is 0. The van der Waals surface area contributed by atoms with Crippen molar-refractivity contribution in [2.75, 3.05) is 18.8 Å². The van der Waals surface area contributed by atoms with Crippen molar-refractivity contribution in [3.05, 3.63) is 29.3 Å². The summed E-state index contributed by atoms with van der Waals surface area (Å²) in [5, 5.41) is 0. The minimum Gasteiger partial charge on any atom is -0.398 e. The number of aryl methyl sites for hydroxylation is 1. The number of anilines is 1. The van der Waals surface area contributed by atoms with E-state index in [1.165, 1.54) is 12.8 Å². The van der Waals surface area contributed by atoms with Crippen molar-refractivity contribution >= 4 is 11.6 Å². The lowest BCUT2D eigenvalue weighted by atomic mass is 10.1. The topological polar surface area (TPSA) is 46.3 Å². The Labute approximate surface area is 108 Å². The van der Waals surface area contributed by atoms with Crippen LogP contribution >= 0.6 is 0 Å². The second kappa shape index (κ2) is 5.14. The van der Waals surface area contributed by atoms with Gasteiger partial charge < -0.3 is 10.6 Å². The number of rotatable bonds is 4. The number of amides is 1. The van der Waals surface area contributed by atoms with Crippen molar-refractivity contribution in [2.45, 2.75) is 19.8 Å². The van der Waals surface area contributed by atoms with Gasteiger partial charge in [-0.15, -0.1) is 6.42 Å². The van der Waals surface area contributed by atoms with Crippen LogP contribution in [0.25, 0.3) is 0 Å². The zero-order valence-electron chi connectivity index (χ0n) is 10.6. The molecule has 1 aliphatic rings. The molecule has 94 valence electrons. The monoisotopic (exact) mass is 242 g/mol. The molecule has 0 aliphatic heterocycles. The van der Waals surface area contributed by atoms with Crippen molar-refractivity contribution in [1.29, 1.82) is 0 Å². The first-order valence-electron chi connectivity index (χ1n) is 6.20. The number of carbonyl (C=O) groups excluding carboxylic acids is 1. The van der Waals surface area contributed by atoms with Crippen LogP contribution in [0.2, 0.25) is 0 Å². The fourth-order valence-corrected chi connectivity index (χ4v) is 1.97. The second-order valence-corrected chi connectivity index (χ2v) is 4.92. The van der Waals surface area contributed by atoms with Crippen LogP contribution in [0.1, 0.15) is 28.8 Å². The molecule has 0 saturated heterocycles. The zero-order valence-corrected chi connectivity index (χ0v) is 10.6. The fourth-order valence-electron chi connectivity index (χ4n) is 1.97. The Hall–Kier alpha value is -1.95. The van der Waals surface area contributed by atoms with Gasteiger partial charge in [-0.3, -0.25) is 4.79 Å². The average Bonchev–Trinajstić information content (AvgIpc) is 3.15. The second-order valence-electron chi connectivity index (χ2n) is 4.92. The Morgan fingerprint density at radius 1 is 1.56 bits per heavy atom. The van der Waals surface area contributed by atoms with Gasteiger partial charge in [-0.05, 0) is 37.8 Å². The molecule has 0 aromatic heterocycles. The Balaban J connectivity index is 2.20. The molecule has 0 atom stereocenters. The van der Waals surface area contributed by atoms with Gasteiger partial charge >= 0.3 is 0 Å². The maximum Gasteiger partial charge on any atom is 0.256 e. The molecule has 1 fully saturated rings. The van der Waals surface area contributed by atoms with Gasteiger partial charge in [0.15, 0.2) is 0 Å². The third kappa shape index (κ3) is 2.84. The molecule has 18 heavy (non-hydrogen) atoms. The molecule has 3 nitrogen and oxygen atoms in total. The van der Waals surface area contributed by atoms with Crippen LogP contribution in [0.5, 0.6) is 0 Å². The van der Waals surface area contributed by atoms with Gasteiger partial charge in [0, 0.05) is 12.2 Å². The van der Waals surface area contributed by atoms with E-state index in [2.05, 4.69) is 5.92 Å². The van der Waals surface area contributed by atoms with Crippen molar-refractivity contribution in [1.82, 2.24) is 4.90 Å². The lowest BCUT2D eigenvalue weighted by molar-refractivity contribution is 0.0771. The van der Waals surface area contributed by atoms with Crippen molar-refractivity contribution in [2.24, 2.45) is 5.92 Å². The number of terminal acetylenes is 1. The molecule has 2 rings (SSSR count). The summed E-state index contributed by atoms with van der Waals surface area (Å²) < 4.78 is 0. The van der Waals surface area contributed by atoms with Crippen LogP contribution in [0.15, 0.2) is 18.2 Å². The summed E-state index contributed by atoms with van der Waals surface area (Å²) in [6.07, 6.45) is 7.72. The Kier molecular flexibility index (Phi) is 3.57. The molecule has 0 unspecified atom stereocenters. The summed E-state index contributed by atoms with van der Waals surface area (Å²) in [6.45, 7) is 3.04. The van der Waals surface area contributed by atoms with E-state index in [0.29, 0.717) is 23.7 Å². The number of hydrogen-bond acceptors (Lipinski definition) is 2. The highest BCUT2D eigenvalue weighted by atomic mass is 16.2. The number of nitrogens with zero attached hydrogens (tertiary/aromatic N) is 1. The molecule has 0 spiro atoms. The van der Waals surface area contributed by atoms with Crippen molar-refractivity contribution in [3.63, 3.8) is 0 Å². The van der Waals surface area contributed by atoms with Gasteiger partial charge in [-0.1, -0.05) is 17.6 Å². The molecule has 1 aliphatic carbocycles. The normalized spacial score (nSPS) is 14.0. The molecule has 3 heteroatoms. The number of nitrogens with two attached hydrogens (primary N) is 1. The van der Waals surface area contributed by atoms with Gasteiger partial charge in [0.2, 0.25) is 0 Å². The van der Waals surface area contributed by atoms with E-state index in [9.17, 15) is 4.79 Å². The number of benzene rings is 1. The van der Waals surface area contributed by atoms with Gasteiger partial charge in [-0.2, -0.15) is 0 Å². The highest BCUT2D eigenvalue weighted by Crippen LogP contribution is 2.30. The van der Waals surface area contributed by atoms with Crippen LogP contribution in [0, 0.1) is 25.2 Å². The van der Waals surface area contributed by atoms with Crippen molar-refractivity contribution in [3.8, 4) is 12.3 Å². The molecule has 1 aromatic rings. The molecule has 1 amide bonds. The van der Waals surface area contributed by atoms with Crippen LogP contribution in [0.3, 0.4) is 0 Å². The van der Waals surface area contributed by atoms with Crippen molar-refractivity contribution < 1.29 is 4.79 Å². The van der Waals surface area contributed by atoms with Gasteiger partial charge in [-0.25, -0.2) is 0 Å². The third-order valence-electron chi connectivity index (χ3n) is 3.18. The largest absolute Gasteiger partial charge is 0.398 e. The Morgan fingerprint density at radius 2 is 2.28 bits per heavy atom. The molecule has 2 N–H and O–H groups in total. The maximum atomic E-state index is 12.4. The fraction of sp³-hybridized carbons (Fsp3) is 0.400. The molecule has 0 radical (unpaired) electrons. The minimum absolute atomic E-state index is 0.0546. The number of carbonyl (C=O) groups is 1. The van der Waals surface area contributed by atoms with Gasteiger partial charge in [0.1, 0.15) is 0 Å². The molecular weight excluding hydrogens is 224 g/mol. The Morgan fingerprint density at radius 3 is 2.89 bits per heavy atom. The SMILES string of the molecule is C#CCN(CC1CC1)C(=O)c1cc(C)ccc1N. The van der Waals surface area contributed by atoms with E-state index in [0.717, 1.165) is 12.1 Å². The number of nitrogen functional groups attached to an aromatic ring is 1.